The van der Waals surface area contributed by atoms with Gasteiger partial charge in [0.05, 0.1) is 12.5 Å². The molecule has 4 nitrogen and oxygen atoms in total. The van der Waals surface area contributed by atoms with Crippen LogP contribution in [0.5, 0.6) is 0 Å². The second kappa shape index (κ2) is 9.03. The van der Waals surface area contributed by atoms with Crippen molar-refractivity contribution in [1.82, 2.24) is 9.80 Å². The molecule has 1 heterocycles. The van der Waals surface area contributed by atoms with Gasteiger partial charge >= 0.3 is 0 Å². The number of hydrogen-bond donors (Lipinski definition) is 0. The fraction of sp³-hybridized carbons (Fsp3) is 0.400. The lowest BCUT2D eigenvalue weighted by Crippen LogP contribution is -2.47. The van der Waals surface area contributed by atoms with E-state index in [1.165, 1.54) is 12.1 Å². The standard InChI is InChI=1S/C20H23FN2O2/c1-3-11-22(12-4-2)20(25)17-8-9-19(24)23(15-17)13-10-16-6-5-7-18(21)14-16/h1,4-7,14,17H,2,8-13,15H2/t17-/m1/s1. The summed E-state index contributed by atoms with van der Waals surface area (Å²) in [5.41, 5.74) is 0.835. The summed E-state index contributed by atoms with van der Waals surface area (Å²) in [7, 11) is 0. The molecule has 0 N–H and O–H groups in total. The number of terminal acetylenes is 1. The number of nitrogens with zero attached hydrogens (tertiary/aromatic N) is 2. The van der Waals surface area contributed by atoms with Gasteiger partial charge in [-0.2, -0.15) is 0 Å². The van der Waals surface area contributed by atoms with E-state index >= 15 is 0 Å². The Morgan fingerprint density at radius 1 is 1.52 bits per heavy atom. The van der Waals surface area contributed by atoms with Crippen LogP contribution in [0, 0.1) is 24.1 Å². The monoisotopic (exact) mass is 342 g/mol. The molecule has 2 amide bonds. The minimum absolute atomic E-state index is 0.0349. The van der Waals surface area contributed by atoms with Gasteiger partial charge < -0.3 is 9.80 Å². The fourth-order valence-electron chi connectivity index (χ4n) is 3.05. The Balaban J connectivity index is 1.98. The third-order valence-electron chi connectivity index (χ3n) is 4.35. The highest BCUT2D eigenvalue weighted by atomic mass is 19.1. The summed E-state index contributed by atoms with van der Waals surface area (Å²) in [5, 5.41) is 0. The van der Waals surface area contributed by atoms with Crippen LogP contribution >= 0.6 is 0 Å². The molecule has 1 aromatic rings. The first kappa shape index (κ1) is 18.7. The molecular weight excluding hydrogens is 319 g/mol. The second-order valence-electron chi connectivity index (χ2n) is 6.17. The van der Waals surface area contributed by atoms with Gasteiger partial charge in [0.2, 0.25) is 11.8 Å². The Morgan fingerprint density at radius 3 is 3.00 bits per heavy atom. The van der Waals surface area contributed by atoms with Crippen molar-refractivity contribution in [2.24, 2.45) is 5.92 Å². The van der Waals surface area contributed by atoms with Gasteiger partial charge in [0.1, 0.15) is 5.82 Å². The number of hydrogen-bond acceptors (Lipinski definition) is 2. The number of rotatable bonds is 7. The Kier molecular flexibility index (Phi) is 6.76. The Morgan fingerprint density at radius 2 is 2.32 bits per heavy atom. The fourth-order valence-corrected chi connectivity index (χ4v) is 3.05. The smallest absolute Gasteiger partial charge is 0.228 e. The highest BCUT2D eigenvalue weighted by molar-refractivity contribution is 5.84. The lowest BCUT2D eigenvalue weighted by atomic mass is 9.95. The molecule has 132 valence electrons. The van der Waals surface area contributed by atoms with E-state index in [1.54, 1.807) is 21.9 Å². The van der Waals surface area contributed by atoms with Gasteiger partial charge in [-0.05, 0) is 30.5 Å². The van der Waals surface area contributed by atoms with Gasteiger partial charge in [-0.25, -0.2) is 4.39 Å². The van der Waals surface area contributed by atoms with Crippen LogP contribution in [-0.4, -0.2) is 47.8 Å². The van der Waals surface area contributed by atoms with E-state index in [1.807, 2.05) is 6.07 Å². The highest BCUT2D eigenvalue weighted by Gasteiger charge is 2.32. The van der Waals surface area contributed by atoms with E-state index in [0.717, 1.165) is 5.56 Å². The van der Waals surface area contributed by atoms with Gasteiger partial charge in [0.25, 0.3) is 0 Å². The van der Waals surface area contributed by atoms with Crippen LogP contribution in [0.1, 0.15) is 18.4 Å². The van der Waals surface area contributed by atoms with Crippen molar-refractivity contribution in [3.05, 3.63) is 48.3 Å². The number of carbonyl (C=O) groups excluding carboxylic acids is 2. The number of amides is 2. The lowest BCUT2D eigenvalue weighted by molar-refractivity contribution is -0.142. The quantitative estimate of drug-likeness (QED) is 0.563. The topological polar surface area (TPSA) is 40.6 Å². The normalized spacial score (nSPS) is 17.0. The zero-order chi connectivity index (χ0) is 18.2. The molecule has 1 fully saturated rings. The summed E-state index contributed by atoms with van der Waals surface area (Å²) < 4.78 is 13.3. The Labute approximate surface area is 148 Å². The van der Waals surface area contributed by atoms with Crippen LogP contribution in [0.15, 0.2) is 36.9 Å². The number of benzene rings is 1. The molecule has 1 atom stereocenters. The maximum atomic E-state index is 13.3. The zero-order valence-electron chi connectivity index (χ0n) is 14.3. The van der Waals surface area contributed by atoms with E-state index in [-0.39, 0.29) is 30.1 Å². The van der Waals surface area contributed by atoms with Gasteiger partial charge in [-0.15, -0.1) is 13.0 Å². The molecule has 0 aliphatic carbocycles. The van der Waals surface area contributed by atoms with Gasteiger partial charge in [0.15, 0.2) is 0 Å². The van der Waals surface area contributed by atoms with Crippen LogP contribution in [0.2, 0.25) is 0 Å². The largest absolute Gasteiger partial charge is 0.342 e. The van der Waals surface area contributed by atoms with Gasteiger partial charge in [0, 0.05) is 26.1 Å². The van der Waals surface area contributed by atoms with E-state index < -0.39 is 0 Å². The van der Waals surface area contributed by atoms with E-state index in [9.17, 15) is 14.0 Å². The molecule has 0 radical (unpaired) electrons. The average Bonchev–Trinajstić information content (AvgIpc) is 2.60. The Bertz CT molecular complexity index is 681. The first-order chi connectivity index (χ1) is 12.0. The number of carbonyl (C=O) groups is 2. The van der Waals surface area contributed by atoms with Crippen molar-refractivity contribution >= 4 is 11.8 Å². The van der Waals surface area contributed by atoms with Crippen molar-refractivity contribution in [3.63, 3.8) is 0 Å². The van der Waals surface area contributed by atoms with Gasteiger partial charge in [-0.1, -0.05) is 24.1 Å². The van der Waals surface area contributed by atoms with E-state index in [2.05, 4.69) is 12.5 Å². The number of piperidine rings is 1. The zero-order valence-corrected chi connectivity index (χ0v) is 14.3. The summed E-state index contributed by atoms with van der Waals surface area (Å²) >= 11 is 0. The third kappa shape index (κ3) is 5.18. The minimum Gasteiger partial charge on any atom is -0.342 e. The molecule has 0 spiro atoms. The molecule has 1 aromatic carbocycles. The third-order valence-corrected chi connectivity index (χ3v) is 4.35. The predicted octanol–water partition coefficient (Wildman–Crippen LogP) is 2.25. The van der Waals surface area contributed by atoms with Crippen molar-refractivity contribution in [1.29, 1.82) is 0 Å². The van der Waals surface area contributed by atoms with Crippen molar-refractivity contribution in [3.8, 4) is 12.3 Å². The first-order valence-electron chi connectivity index (χ1n) is 8.40. The SMILES string of the molecule is C#CCN(CC=C)C(=O)[C@@H]1CCC(=O)N(CCc2cccc(F)c2)C1. The summed E-state index contributed by atoms with van der Waals surface area (Å²) in [6.45, 7) is 5.14. The highest BCUT2D eigenvalue weighted by Crippen LogP contribution is 2.20. The van der Waals surface area contributed by atoms with Crippen LogP contribution in [0.25, 0.3) is 0 Å². The molecule has 2 rings (SSSR count). The molecule has 0 aromatic heterocycles. The first-order valence-corrected chi connectivity index (χ1v) is 8.40. The summed E-state index contributed by atoms with van der Waals surface area (Å²) in [4.78, 5) is 28.1. The number of halogens is 1. The van der Waals surface area contributed by atoms with E-state index in [4.69, 9.17) is 6.42 Å². The van der Waals surface area contributed by atoms with Crippen LogP contribution in [0.4, 0.5) is 4.39 Å². The maximum absolute atomic E-state index is 13.3. The summed E-state index contributed by atoms with van der Waals surface area (Å²) in [6, 6.07) is 6.35. The van der Waals surface area contributed by atoms with E-state index in [0.29, 0.717) is 38.9 Å². The van der Waals surface area contributed by atoms with Crippen LogP contribution < -0.4 is 0 Å². The van der Waals surface area contributed by atoms with Gasteiger partial charge in [-0.3, -0.25) is 9.59 Å². The second-order valence-corrected chi connectivity index (χ2v) is 6.17. The molecular formula is C20H23FN2O2. The van der Waals surface area contributed by atoms with Crippen molar-refractivity contribution in [2.75, 3.05) is 26.2 Å². The van der Waals surface area contributed by atoms with Crippen molar-refractivity contribution < 1.29 is 14.0 Å². The van der Waals surface area contributed by atoms with Crippen molar-refractivity contribution in [2.45, 2.75) is 19.3 Å². The van der Waals surface area contributed by atoms with Crippen LogP contribution in [0.3, 0.4) is 0 Å². The minimum atomic E-state index is -0.287. The van der Waals surface area contributed by atoms with Crippen LogP contribution in [-0.2, 0) is 16.0 Å². The molecule has 1 aliphatic heterocycles. The lowest BCUT2D eigenvalue weighted by Gasteiger charge is -2.34. The Hall–Kier alpha value is -2.61. The predicted molar refractivity (Wildman–Crippen MR) is 95.0 cm³/mol. The molecule has 0 unspecified atom stereocenters. The summed E-state index contributed by atoms with van der Waals surface area (Å²) in [6.07, 6.45) is 8.41. The average molecular weight is 342 g/mol. The molecule has 1 aliphatic rings. The molecule has 0 saturated carbocycles. The molecule has 5 heteroatoms. The maximum Gasteiger partial charge on any atom is 0.228 e. The molecule has 0 bridgehead atoms. The number of likely N-dealkylation sites (tertiary alicyclic amines) is 1. The molecule has 1 saturated heterocycles. The summed E-state index contributed by atoms with van der Waals surface area (Å²) in [5.74, 6) is 1.94. The molecule has 25 heavy (non-hydrogen) atoms.